The number of H-pyrrole nitrogens is 1. The largest absolute Gasteiger partial charge is 0.365 e. The Morgan fingerprint density at radius 1 is 1.10 bits per heavy atom. The lowest BCUT2D eigenvalue weighted by molar-refractivity contribution is 0.111. The van der Waals surface area contributed by atoms with Crippen LogP contribution in [-0.2, 0) is 6.54 Å². The number of halogens is 2. The summed E-state index contributed by atoms with van der Waals surface area (Å²) in [4.78, 5) is 36.7. The number of piperazine rings is 1. The molecule has 0 atom stereocenters. The summed E-state index contributed by atoms with van der Waals surface area (Å²) in [7, 11) is 0. The van der Waals surface area contributed by atoms with Crippen LogP contribution in [0.1, 0.15) is 21.7 Å². The molecule has 3 heterocycles. The lowest BCUT2D eigenvalue weighted by Gasteiger charge is -2.36. The maximum absolute atomic E-state index is 14.9. The van der Waals surface area contributed by atoms with Crippen LogP contribution in [0.4, 0.5) is 14.5 Å². The first kappa shape index (κ1) is 19.1. The van der Waals surface area contributed by atoms with E-state index in [0.717, 1.165) is 0 Å². The Morgan fingerprint density at radius 2 is 1.86 bits per heavy atom. The van der Waals surface area contributed by atoms with Crippen molar-refractivity contribution in [3.05, 3.63) is 63.3 Å². The number of pyridine rings is 1. The molecular weight excluding hydrogens is 380 g/mol. The molecule has 1 fully saturated rings. The van der Waals surface area contributed by atoms with E-state index >= 15 is 0 Å². The molecule has 0 radical (unpaired) electrons. The van der Waals surface area contributed by atoms with Crippen LogP contribution in [0.2, 0.25) is 0 Å². The monoisotopic (exact) mass is 399 g/mol. The van der Waals surface area contributed by atoms with Gasteiger partial charge in [0.1, 0.15) is 16.9 Å². The highest BCUT2D eigenvalue weighted by atomic mass is 19.1. The van der Waals surface area contributed by atoms with Gasteiger partial charge in [0.25, 0.3) is 5.56 Å². The summed E-state index contributed by atoms with van der Waals surface area (Å²) in [5.41, 5.74) is 1.29. The molecule has 0 amide bonds. The standard InChI is InChI=1S/C20H19F2N5O2/c1-12-20(29)25-18-15(23-12)4-2-13(17(18)21)10-26-6-8-27(9-7-26)16-5-3-14(11-28)24-19(16)22/h2-5,11H,6-10H2,1H3,(H,25,29). The molecule has 1 N–H and O–H groups in total. The lowest BCUT2D eigenvalue weighted by atomic mass is 10.1. The summed E-state index contributed by atoms with van der Waals surface area (Å²) in [6, 6.07) is 6.41. The number of rotatable bonds is 4. The number of carbonyl (C=O) groups excluding carboxylic acids is 1. The quantitative estimate of drug-likeness (QED) is 0.534. The van der Waals surface area contributed by atoms with Gasteiger partial charge in [-0.05, 0) is 25.1 Å². The fraction of sp³-hybridized carbons (Fsp3) is 0.300. The fourth-order valence-electron chi connectivity index (χ4n) is 3.51. The van der Waals surface area contributed by atoms with Crippen LogP contribution in [0.3, 0.4) is 0 Å². The van der Waals surface area contributed by atoms with Crippen molar-refractivity contribution in [2.45, 2.75) is 13.5 Å². The summed E-state index contributed by atoms with van der Waals surface area (Å²) in [5, 5.41) is 0. The van der Waals surface area contributed by atoms with Crippen molar-refractivity contribution >= 4 is 23.0 Å². The molecular formula is C20H19F2N5O2. The summed E-state index contributed by atoms with van der Waals surface area (Å²) >= 11 is 0. The van der Waals surface area contributed by atoms with Crippen molar-refractivity contribution in [1.82, 2.24) is 19.9 Å². The number of hydrogen-bond donors (Lipinski definition) is 1. The van der Waals surface area contributed by atoms with Crippen molar-refractivity contribution in [3.63, 3.8) is 0 Å². The van der Waals surface area contributed by atoms with Gasteiger partial charge in [0.15, 0.2) is 12.1 Å². The predicted octanol–water partition coefficient (Wildman–Crippen LogP) is 2.04. The number of nitrogens with one attached hydrogen (secondary N) is 1. The van der Waals surface area contributed by atoms with E-state index in [4.69, 9.17) is 0 Å². The van der Waals surface area contributed by atoms with E-state index < -0.39 is 17.3 Å². The smallest absolute Gasteiger partial charge is 0.269 e. The van der Waals surface area contributed by atoms with E-state index in [0.29, 0.717) is 61.5 Å². The van der Waals surface area contributed by atoms with Gasteiger partial charge in [-0.2, -0.15) is 4.39 Å². The molecule has 0 bridgehead atoms. The number of aryl methyl sites for hydroxylation is 1. The van der Waals surface area contributed by atoms with Crippen LogP contribution in [0.5, 0.6) is 0 Å². The first-order valence-electron chi connectivity index (χ1n) is 9.23. The number of nitrogens with zero attached hydrogens (tertiary/aromatic N) is 4. The number of fused-ring (bicyclic) bond motifs is 1. The number of carbonyl (C=O) groups is 1. The number of anilines is 1. The van der Waals surface area contributed by atoms with Gasteiger partial charge >= 0.3 is 0 Å². The Bertz CT molecular complexity index is 1140. The highest BCUT2D eigenvalue weighted by molar-refractivity contribution is 5.75. The molecule has 0 spiro atoms. The van der Waals surface area contributed by atoms with Gasteiger partial charge in [0.2, 0.25) is 5.95 Å². The Hall–Kier alpha value is -3.20. The van der Waals surface area contributed by atoms with E-state index in [1.54, 1.807) is 25.1 Å². The van der Waals surface area contributed by atoms with Crippen molar-refractivity contribution in [2.24, 2.45) is 0 Å². The van der Waals surface area contributed by atoms with Gasteiger partial charge in [-0.1, -0.05) is 6.07 Å². The Kier molecular flexibility index (Phi) is 5.06. The SMILES string of the molecule is Cc1nc2ccc(CN3CCN(c4ccc(C=O)nc4F)CC3)c(F)c2[nH]c1=O. The molecule has 0 aliphatic carbocycles. The third kappa shape index (κ3) is 3.73. The van der Waals surface area contributed by atoms with E-state index in [9.17, 15) is 18.4 Å². The number of benzene rings is 1. The van der Waals surface area contributed by atoms with E-state index in [-0.39, 0.29) is 11.2 Å². The zero-order valence-corrected chi connectivity index (χ0v) is 15.8. The lowest BCUT2D eigenvalue weighted by Crippen LogP contribution is -2.46. The maximum atomic E-state index is 14.9. The molecule has 0 unspecified atom stereocenters. The van der Waals surface area contributed by atoms with Gasteiger partial charge in [-0.3, -0.25) is 14.5 Å². The maximum Gasteiger partial charge on any atom is 0.269 e. The Balaban J connectivity index is 1.47. The number of hydrogen-bond acceptors (Lipinski definition) is 6. The Labute approximate surface area is 165 Å². The van der Waals surface area contributed by atoms with E-state index in [1.165, 1.54) is 6.07 Å². The summed E-state index contributed by atoms with van der Waals surface area (Å²) in [5.74, 6) is -1.15. The molecule has 150 valence electrons. The second-order valence-corrected chi connectivity index (χ2v) is 7.01. The van der Waals surface area contributed by atoms with Crippen LogP contribution >= 0.6 is 0 Å². The molecule has 9 heteroatoms. The van der Waals surface area contributed by atoms with Gasteiger partial charge in [-0.15, -0.1) is 0 Å². The molecule has 1 aromatic carbocycles. The first-order chi connectivity index (χ1) is 14.0. The topological polar surface area (TPSA) is 82.2 Å². The summed E-state index contributed by atoms with van der Waals surface area (Å²) in [6.07, 6.45) is 0.507. The van der Waals surface area contributed by atoms with E-state index in [1.807, 2.05) is 4.90 Å². The molecule has 1 aliphatic heterocycles. The minimum absolute atomic E-state index is 0.0550. The van der Waals surface area contributed by atoms with Crippen LogP contribution in [0.25, 0.3) is 11.0 Å². The molecule has 4 rings (SSSR count). The average Bonchev–Trinajstić information content (AvgIpc) is 2.72. The van der Waals surface area contributed by atoms with Crippen LogP contribution < -0.4 is 10.5 Å². The average molecular weight is 399 g/mol. The number of aromatic amines is 1. The highest BCUT2D eigenvalue weighted by Gasteiger charge is 2.22. The minimum Gasteiger partial charge on any atom is -0.365 e. The number of aldehydes is 1. The second kappa shape index (κ2) is 7.67. The van der Waals surface area contributed by atoms with Crippen molar-refractivity contribution in [3.8, 4) is 0 Å². The normalized spacial score (nSPS) is 15.1. The highest BCUT2D eigenvalue weighted by Crippen LogP contribution is 2.22. The van der Waals surface area contributed by atoms with Gasteiger partial charge < -0.3 is 9.88 Å². The predicted molar refractivity (Wildman–Crippen MR) is 104 cm³/mol. The third-order valence-electron chi connectivity index (χ3n) is 5.13. The van der Waals surface area contributed by atoms with Crippen molar-refractivity contribution < 1.29 is 13.6 Å². The zero-order chi connectivity index (χ0) is 20.5. The molecule has 3 aromatic rings. The van der Waals surface area contributed by atoms with Gasteiger partial charge in [-0.25, -0.2) is 14.4 Å². The summed E-state index contributed by atoms with van der Waals surface area (Å²) in [6.45, 7) is 4.26. The minimum atomic E-state index is -0.671. The van der Waals surface area contributed by atoms with Gasteiger partial charge in [0, 0.05) is 38.3 Å². The molecule has 1 saturated heterocycles. The van der Waals surface area contributed by atoms with Crippen LogP contribution in [0, 0.1) is 18.7 Å². The number of aromatic nitrogens is 3. The third-order valence-corrected chi connectivity index (χ3v) is 5.13. The fourth-order valence-corrected chi connectivity index (χ4v) is 3.51. The van der Waals surface area contributed by atoms with Crippen molar-refractivity contribution in [2.75, 3.05) is 31.1 Å². The molecule has 2 aromatic heterocycles. The molecule has 0 saturated carbocycles. The van der Waals surface area contributed by atoms with Gasteiger partial charge in [0.05, 0.1) is 11.2 Å². The summed E-state index contributed by atoms with van der Waals surface area (Å²) < 4.78 is 29.0. The van der Waals surface area contributed by atoms with Crippen LogP contribution in [0.15, 0.2) is 29.1 Å². The molecule has 7 nitrogen and oxygen atoms in total. The zero-order valence-electron chi connectivity index (χ0n) is 15.8. The molecule has 29 heavy (non-hydrogen) atoms. The van der Waals surface area contributed by atoms with Crippen LogP contribution in [-0.4, -0.2) is 52.3 Å². The molecule has 1 aliphatic rings. The van der Waals surface area contributed by atoms with Crippen molar-refractivity contribution in [1.29, 1.82) is 0 Å². The first-order valence-corrected chi connectivity index (χ1v) is 9.23. The van der Waals surface area contributed by atoms with E-state index in [2.05, 4.69) is 19.9 Å². The Morgan fingerprint density at radius 3 is 2.55 bits per heavy atom. The second-order valence-electron chi connectivity index (χ2n) is 7.01.